The first-order chi connectivity index (χ1) is 14.6. The third kappa shape index (κ3) is 4.05. The molecule has 0 unspecified atom stereocenters. The van der Waals surface area contributed by atoms with Gasteiger partial charge in [-0.15, -0.1) is 0 Å². The van der Waals surface area contributed by atoms with Crippen molar-refractivity contribution in [1.29, 1.82) is 0 Å². The van der Waals surface area contributed by atoms with Crippen molar-refractivity contribution >= 4 is 12.1 Å². The second-order valence-electron chi connectivity index (χ2n) is 7.94. The third-order valence-electron chi connectivity index (χ3n) is 6.02. The van der Waals surface area contributed by atoms with Crippen LogP contribution in [0.2, 0.25) is 0 Å². The Morgan fingerprint density at radius 1 is 1.07 bits per heavy atom. The highest BCUT2D eigenvalue weighted by Crippen LogP contribution is 2.44. The minimum absolute atomic E-state index is 0.00795. The molecule has 2 aromatic rings. The molecule has 30 heavy (non-hydrogen) atoms. The van der Waals surface area contributed by atoms with Gasteiger partial charge in [-0.05, 0) is 41.5 Å². The first-order valence-corrected chi connectivity index (χ1v) is 10.6. The van der Waals surface area contributed by atoms with Crippen LogP contribution in [0.15, 0.2) is 48.5 Å². The van der Waals surface area contributed by atoms with Crippen LogP contribution in [0, 0.1) is 0 Å². The average molecular weight is 409 g/mol. The molecule has 0 saturated carbocycles. The standard InChI is InChI=1S/C24H27NO5/c1-2-7-21-20(12-13-22(30-21)23(26)27)25-24(28)29-14-19-17-10-5-3-8-15(17)16-9-4-6-11-18(16)19/h3-6,8-11,19-22H,2,7,12-14H2,1H3,(H,25,28)(H,26,27)/t20-,21-,22+/m1/s1. The summed E-state index contributed by atoms with van der Waals surface area (Å²) in [5.41, 5.74) is 4.71. The molecule has 3 atom stereocenters. The number of aliphatic carboxylic acids is 1. The molecular weight excluding hydrogens is 382 g/mol. The van der Waals surface area contributed by atoms with Crippen LogP contribution in [-0.2, 0) is 14.3 Å². The monoisotopic (exact) mass is 409 g/mol. The predicted octanol–water partition coefficient (Wildman–Crippen LogP) is 4.33. The summed E-state index contributed by atoms with van der Waals surface area (Å²) >= 11 is 0. The van der Waals surface area contributed by atoms with E-state index in [9.17, 15) is 14.7 Å². The second-order valence-corrected chi connectivity index (χ2v) is 7.94. The number of nitrogens with one attached hydrogen (secondary N) is 1. The van der Waals surface area contributed by atoms with E-state index in [1.54, 1.807) is 0 Å². The molecule has 4 rings (SSSR count). The Kier molecular flexibility index (Phi) is 6.04. The lowest BCUT2D eigenvalue weighted by atomic mass is 9.95. The number of alkyl carbamates (subject to hydrolysis) is 1. The molecule has 0 radical (unpaired) electrons. The van der Waals surface area contributed by atoms with Gasteiger partial charge in [0.2, 0.25) is 0 Å². The number of carboxylic acid groups (broad SMARTS) is 1. The summed E-state index contributed by atoms with van der Waals surface area (Å²) < 4.78 is 11.3. The van der Waals surface area contributed by atoms with E-state index >= 15 is 0 Å². The molecule has 0 bridgehead atoms. The molecule has 1 amide bonds. The highest BCUT2D eigenvalue weighted by molar-refractivity contribution is 5.79. The van der Waals surface area contributed by atoms with Crippen molar-refractivity contribution in [1.82, 2.24) is 5.32 Å². The summed E-state index contributed by atoms with van der Waals surface area (Å²) in [7, 11) is 0. The number of carbonyl (C=O) groups excluding carboxylic acids is 1. The molecule has 0 aromatic heterocycles. The van der Waals surface area contributed by atoms with Crippen LogP contribution in [-0.4, -0.2) is 42.0 Å². The van der Waals surface area contributed by atoms with Crippen LogP contribution < -0.4 is 5.32 Å². The molecule has 1 fully saturated rings. The Labute approximate surface area is 176 Å². The molecular formula is C24H27NO5. The maximum atomic E-state index is 12.6. The molecule has 0 spiro atoms. The number of fused-ring (bicyclic) bond motifs is 3. The van der Waals surface area contributed by atoms with E-state index in [-0.39, 0.29) is 24.7 Å². The lowest BCUT2D eigenvalue weighted by Crippen LogP contribution is -2.51. The van der Waals surface area contributed by atoms with Gasteiger partial charge >= 0.3 is 12.1 Å². The average Bonchev–Trinajstić information content (AvgIpc) is 3.07. The molecule has 2 aromatic carbocycles. The fourth-order valence-electron chi connectivity index (χ4n) is 4.58. The van der Waals surface area contributed by atoms with Crippen molar-refractivity contribution in [3.8, 4) is 11.1 Å². The van der Waals surface area contributed by atoms with Crippen molar-refractivity contribution in [3.63, 3.8) is 0 Å². The molecule has 1 aliphatic heterocycles. The zero-order valence-electron chi connectivity index (χ0n) is 17.0. The van der Waals surface area contributed by atoms with E-state index < -0.39 is 18.2 Å². The minimum Gasteiger partial charge on any atom is -0.479 e. The SMILES string of the molecule is CCC[C@H]1O[C@H](C(=O)O)CC[C@H]1NC(=O)OCC1c2ccccc2-c2ccccc21. The third-order valence-corrected chi connectivity index (χ3v) is 6.02. The van der Waals surface area contributed by atoms with Crippen molar-refractivity contribution in [2.24, 2.45) is 0 Å². The van der Waals surface area contributed by atoms with Crippen LogP contribution >= 0.6 is 0 Å². The fourth-order valence-corrected chi connectivity index (χ4v) is 4.58. The lowest BCUT2D eigenvalue weighted by molar-refractivity contribution is -0.161. The number of carboxylic acids is 1. The van der Waals surface area contributed by atoms with Gasteiger partial charge in [0.15, 0.2) is 6.10 Å². The van der Waals surface area contributed by atoms with Crippen LogP contribution in [0.4, 0.5) is 4.79 Å². The predicted molar refractivity (Wildman–Crippen MR) is 112 cm³/mol. The number of hydrogen-bond donors (Lipinski definition) is 2. The quantitative estimate of drug-likeness (QED) is 0.742. The molecule has 1 heterocycles. The van der Waals surface area contributed by atoms with Gasteiger partial charge in [0.05, 0.1) is 12.1 Å². The van der Waals surface area contributed by atoms with Crippen molar-refractivity contribution in [2.75, 3.05) is 6.61 Å². The largest absolute Gasteiger partial charge is 0.479 e. The maximum Gasteiger partial charge on any atom is 0.407 e. The molecule has 1 aliphatic carbocycles. The Morgan fingerprint density at radius 2 is 1.70 bits per heavy atom. The first-order valence-electron chi connectivity index (χ1n) is 10.6. The molecule has 2 N–H and O–H groups in total. The zero-order valence-corrected chi connectivity index (χ0v) is 17.0. The Bertz CT molecular complexity index is 882. The van der Waals surface area contributed by atoms with E-state index in [0.717, 1.165) is 6.42 Å². The second kappa shape index (κ2) is 8.88. The van der Waals surface area contributed by atoms with Gasteiger partial charge in [-0.2, -0.15) is 0 Å². The van der Waals surface area contributed by atoms with Crippen LogP contribution in [0.5, 0.6) is 0 Å². The maximum absolute atomic E-state index is 12.6. The number of amides is 1. The molecule has 2 aliphatic rings. The van der Waals surface area contributed by atoms with Crippen molar-refractivity contribution in [3.05, 3.63) is 59.7 Å². The van der Waals surface area contributed by atoms with Crippen molar-refractivity contribution < 1.29 is 24.2 Å². The smallest absolute Gasteiger partial charge is 0.407 e. The number of benzene rings is 2. The number of ether oxygens (including phenoxy) is 2. The summed E-state index contributed by atoms with van der Waals surface area (Å²) in [6.07, 6.45) is 0.876. The van der Waals surface area contributed by atoms with E-state index in [1.165, 1.54) is 22.3 Å². The summed E-state index contributed by atoms with van der Waals surface area (Å²) in [6.45, 7) is 2.27. The molecule has 158 valence electrons. The Morgan fingerprint density at radius 3 is 2.30 bits per heavy atom. The normalized spacial score (nSPS) is 22.8. The molecule has 6 heteroatoms. The van der Waals surface area contributed by atoms with Gasteiger partial charge in [-0.25, -0.2) is 9.59 Å². The van der Waals surface area contributed by atoms with Crippen molar-refractivity contribution in [2.45, 2.75) is 56.8 Å². The van der Waals surface area contributed by atoms with Gasteiger partial charge in [-0.3, -0.25) is 0 Å². The van der Waals surface area contributed by atoms with E-state index in [0.29, 0.717) is 19.3 Å². The van der Waals surface area contributed by atoms with Gasteiger partial charge < -0.3 is 19.9 Å². The first kappa shape index (κ1) is 20.4. The Balaban J connectivity index is 1.40. The summed E-state index contributed by atoms with van der Waals surface area (Å²) in [4.78, 5) is 23.8. The highest BCUT2D eigenvalue weighted by atomic mass is 16.6. The van der Waals surface area contributed by atoms with Gasteiger partial charge in [0.1, 0.15) is 6.61 Å². The summed E-state index contributed by atoms with van der Waals surface area (Å²) in [6, 6.07) is 16.2. The number of rotatable bonds is 6. The lowest BCUT2D eigenvalue weighted by Gasteiger charge is -2.35. The van der Waals surface area contributed by atoms with Gasteiger partial charge in [0.25, 0.3) is 0 Å². The van der Waals surface area contributed by atoms with E-state index in [4.69, 9.17) is 9.47 Å². The van der Waals surface area contributed by atoms with E-state index in [2.05, 4.69) is 29.6 Å². The number of carbonyl (C=O) groups is 2. The van der Waals surface area contributed by atoms with Crippen LogP contribution in [0.3, 0.4) is 0 Å². The molecule has 6 nitrogen and oxygen atoms in total. The van der Waals surface area contributed by atoms with E-state index in [1.807, 2.05) is 31.2 Å². The van der Waals surface area contributed by atoms with Crippen LogP contribution in [0.25, 0.3) is 11.1 Å². The topological polar surface area (TPSA) is 84.9 Å². The minimum atomic E-state index is -0.948. The fraction of sp³-hybridized carbons (Fsp3) is 0.417. The van der Waals surface area contributed by atoms with Crippen LogP contribution in [0.1, 0.15) is 49.7 Å². The highest BCUT2D eigenvalue weighted by Gasteiger charge is 2.35. The van der Waals surface area contributed by atoms with Gasteiger partial charge in [0, 0.05) is 5.92 Å². The van der Waals surface area contributed by atoms with Gasteiger partial charge in [-0.1, -0.05) is 61.9 Å². The Hall–Kier alpha value is -2.86. The summed E-state index contributed by atoms with van der Waals surface area (Å²) in [5.74, 6) is -0.940. The summed E-state index contributed by atoms with van der Waals surface area (Å²) in [5, 5.41) is 12.1. The molecule has 1 saturated heterocycles. The zero-order chi connectivity index (χ0) is 21.1. The number of hydrogen-bond acceptors (Lipinski definition) is 4.